The summed E-state index contributed by atoms with van der Waals surface area (Å²) in [6.07, 6.45) is 2.24. The SMILES string of the molecule is O=S(=O)(CCc1ccccc1)NCC1(c2cccs2)CCOCC1. The van der Waals surface area contributed by atoms with Gasteiger partial charge in [0.2, 0.25) is 10.0 Å². The number of hydrogen-bond acceptors (Lipinski definition) is 4. The van der Waals surface area contributed by atoms with Crippen LogP contribution in [-0.2, 0) is 26.6 Å². The van der Waals surface area contributed by atoms with Crippen LogP contribution in [0.3, 0.4) is 0 Å². The molecule has 1 aromatic heterocycles. The Morgan fingerprint density at radius 2 is 1.83 bits per heavy atom. The Labute approximate surface area is 147 Å². The van der Waals surface area contributed by atoms with Crippen LogP contribution < -0.4 is 4.72 Å². The van der Waals surface area contributed by atoms with E-state index in [1.807, 2.05) is 36.4 Å². The molecule has 3 rings (SSSR count). The van der Waals surface area contributed by atoms with Gasteiger partial charge < -0.3 is 4.74 Å². The van der Waals surface area contributed by atoms with Gasteiger partial charge in [-0.2, -0.15) is 0 Å². The second kappa shape index (κ2) is 7.78. The smallest absolute Gasteiger partial charge is 0.211 e. The first-order valence-electron chi connectivity index (χ1n) is 8.23. The zero-order chi connectivity index (χ0) is 16.9. The van der Waals surface area contributed by atoms with Crippen molar-refractivity contribution in [3.05, 3.63) is 58.3 Å². The summed E-state index contributed by atoms with van der Waals surface area (Å²) >= 11 is 1.70. The van der Waals surface area contributed by atoms with Gasteiger partial charge in [0, 0.05) is 30.1 Å². The third-order valence-corrected chi connectivity index (χ3v) is 7.07. The lowest BCUT2D eigenvalue weighted by molar-refractivity contribution is 0.0529. The molecule has 2 aromatic rings. The highest BCUT2D eigenvalue weighted by Crippen LogP contribution is 2.37. The molecule has 130 valence electrons. The molecule has 1 saturated heterocycles. The molecular weight excluding hydrogens is 342 g/mol. The molecule has 4 nitrogen and oxygen atoms in total. The molecule has 0 bridgehead atoms. The molecule has 24 heavy (non-hydrogen) atoms. The number of hydrogen-bond donors (Lipinski definition) is 1. The normalized spacial score (nSPS) is 17.7. The van der Waals surface area contributed by atoms with E-state index in [9.17, 15) is 8.42 Å². The second-order valence-corrected chi connectivity index (χ2v) is 9.12. The summed E-state index contributed by atoms with van der Waals surface area (Å²) in [5, 5.41) is 2.05. The summed E-state index contributed by atoms with van der Waals surface area (Å²) in [4.78, 5) is 1.25. The van der Waals surface area contributed by atoms with E-state index >= 15 is 0 Å². The van der Waals surface area contributed by atoms with Crippen LogP contribution in [0.1, 0.15) is 23.3 Å². The Kier molecular flexibility index (Phi) is 5.71. The maximum Gasteiger partial charge on any atom is 0.211 e. The fourth-order valence-electron chi connectivity index (χ4n) is 3.07. The molecule has 1 aliphatic heterocycles. The van der Waals surface area contributed by atoms with Crippen molar-refractivity contribution in [1.29, 1.82) is 0 Å². The Bertz CT molecular complexity index is 721. The highest BCUT2D eigenvalue weighted by molar-refractivity contribution is 7.89. The first-order chi connectivity index (χ1) is 11.6. The Morgan fingerprint density at radius 1 is 1.08 bits per heavy atom. The van der Waals surface area contributed by atoms with Gasteiger partial charge in [-0.1, -0.05) is 36.4 Å². The summed E-state index contributed by atoms with van der Waals surface area (Å²) in [7, 11) is -3.29. The number of ether oxygens (including phenoxy) is 1. The Morgan fingerprint density at radius 3 is 2.50 bits per heavy atom. The van der Waals surface area contributed by atoms with E-state index < -0.39 is 10.0 Å². The lowest BCUT2D eigenvalue weighted by atomic mass is 9.79. The highest BCUT2D eigenvalue weighted by atomic mass is 32.2. The van der Waals surface area contributed by atoms with Crippen LogP contribution in [0, 0.1) is 0 Å². The third kappa shape index (κ3) is 4.45. The van der Waals surface area contributed by atoms with Gasteiger partial charge in [0.25, 0.3) is 0 Å². The van der Waals surface area contributed by atoms with Crippen molar-refractivity contribution in [1.82, 2.24) is 4.72 Å². The van der Waals surface area contributed by atoms with Crippen molar-refractivity contribution in [2.24, 2.45) is 0 Å². The number of sulfonamides is 1. The van der Waals surface area contributed by atoms with E-state index in [4.69, 9.17) is 4.74 Å². The van der Waals surface area contributed by atoms with Crippen LogP contribution in [0.25, 0.3) is 0 Å². The molecule has 0 unspecified atom stereocenters. The minimum absolute atomic E-state index is 0.119. The summed E-state index contributed by atoms with van der Waals surface area (Å²) in [6, 6.07) is 13.9. The minimum Gasteiger partial charge on any atom is -0.381 e. The topological polar surface area (TPSA) is 55.4 Å². The molecule has 0 atom stereocenters. The fraction of sp³-hybridized carbons (Fsp3) is 0.444. The summed E-state index contributed by atoms with van der Waals surface area (Å²) in [5.74, 6) is 0.119. The summed E-state index contributed by atoms with van der Waals surface area (Å²) in [5.41, 5.74) is 0.911. The van der Waals surface area contributed by atoms with Gasteiger partial charge in [-0.05, 0) is 36.3 Å². The van der Waals surface area contributed by atoms with Gasteiger partial charge in [0.1, 0.15) is 0 Å². The number of nitrogens with one attached hydrogen (secondary N) is 1. The number of aryl methyl sites for hydroxylation is 1. The molecular formula is C18H23NO3S2. The molecule has 1 aliphatic rings. The maximum absolute atomic E-state index is 12.4. The van der Waals surface area contributed by atoms with Crippen LogP contribution in [0.4, 0.5) is 0 Å². The Balaban J connectivity index is 1.63. The maximum atomic E-state index is 12.4. The van der Waals surface area contributed by atoms with Gasteiger partial charge in [-0.25, -0.2) is 13.1 Å². The van der Waals surface area contributed by atoms with Gasteiger partial charge in [-0.3, -0.25) is 0 Å². The highest BCUT2D eigenvalue weighted by Gasteiger charge is 2.36. The van der Waals surface area contributed by atoms with Crippen LogP contribution >= 0.6 is 11.3 Å². The van der Waals surface area contributed by atoms with Crippen molar-refractivity contribution in [3.63, 3.8) is 0 Å². The molecule has 1 N–H and O–H groups in total. The van der Waals surface area contributed by atoms with E-state index in [2.05, 4.69) is 16.2 Å². The third-order valence-electron chi connectivity index (χ3n) is 4.63. The van der Waals surface area contributed by atoms with Crippen LogP contribution in [0.5, 0.6) is 0 Å². The average Bonchev–Trinajstić information content (AvgIpc) is 3.16. The molecule has 1 fully saturated rings. The van der Waals surface area contributed by atoms with Crippen LogP contribution in [0.2, 0.25) is 0 Å². The second-order valence-electron chi connectivity index (χ2n) is 6.25. The van der Waals surface area contributed by atoms with Crippen molar-refractivity contribution >= 4 is 21.4 Å². The molecule has 0 spiro atoms. The molecule has 0 aliphatic carbocycles. The fourth-order valence-corrected chi connectivity index (χ4v) is 5.20. The molecule has 1 aromatic carbocycles. The number of benzene rings is 1. The summed E-state index contributed by atoms with van der Waals surface area (Å²) in [6.45, 7) is 1.82. The van der Waals surface area contributed by atoms with Crippen molar-refractivity contribution in [2.45, 2.75) is 24.7 Å². The van der Waals surface area contributed by atoms with E-state index in [0.717, 1.165) is 18.4 Å². The first-order valence-corrected chi connectivity index (χ1v) is 10.8. The first kappa shape index (κ1) is 17.6. The lowest BCUT2D eigenvalue weighted by Crippen LogP contribution is -2.44. The largest absolute Gasteiger partial charge is 0.381 e. The molecule has 6 heteroatoms. The predicted molar refractivity (Wildman–Crippen MR) is 98.0 cm³/mol. The van der Waals surface area contributed by atoms with E-state index in [0.29, 0.717) is 26.2 Å². The monoisotopic (exact) mass is 365 g/mol. The van der Waals surface area contributed by atoms with Crippen molar-refractivity contribution in [3.8, 4) is 0 Å². The van der Waals surface area contributed by atoms with E-state index in [1.54, 1.807) is 11.3 Å². The quantitative estimate of drug-likeness (QED) is 0.821. The van der Waals surface area contributed by atoms with Gasteiger partial charge in [0.15, 0.2) is 0 Å². The van der Waals surface area contributed by atoms with E-state index in [-0.39, 0.29) is 11.2 Å². The van der Waals surface area contributed by atoms with Crippen LogP contribution in [-0.4, -0.2) is 33.9 Å². The zero-order valence-corrected chi connectivity index (χ0v) is 15.2. The average molecular weight is 366 g/mol. The standard InChI is InChI=1S/C18H23NO3S2/c20-24(21,14-8-16-5-2-1-3-6-16)19-15-18(9-11-22-12-10-18)17-7-4-13-23-17/h1-7,13,19H,8-12,14-15H2. The van der Waals surface area contributed by atoms with Crippen LogP contribution in [0.15, 0.2) is 47.8 Å². The number of thiophene rings is 1. The van der Waals surface area contributed by atoms with Gasteiger partial charge in [0.05, 0.1) is 5.75 Å². The van der Waals surface area contributed by atoms with Gasteiger partial charge >= 0.3 is 0 Å². The zero-order valence-electron chi connectivity index (χ0n) is 13.6. The molecule has 2 heterocycles. The minimum atomic E-state index is -3.29. The van der Waals surface area contributed by atoms with Gasteiger partial charge in [-0.15, -0.1) is 11.3 Å². The van der Waals surface area contributed by atoms with E-state index in [1.165, 1.54) is 4.88 Å². The Hall–Kier alpha value is -1.21. The molecule has 0 radical (unpaired) electrons. The predicted octanol–water partition coefficient (Wildman–Crippen LogP) is 2.96. The summed E-state index contributed by atoms with van der Waals surface area (Å²) < 4.78 is 33.2. The van der Waals surface area contributed by atoms with Crippen molar-refractivity contribution < 1.29 is 13.2 Å². The molecule has 0 amide bonds. The number of rotatable bonds is 7. The van der Waals surface area contributed by atoms with Crippen molar-refractivity contribution in [2.75, 3.05) is 25.5 Å². The lowest BCUT2D eigenvalue weighted by Gasteiger charge is -2.36. The molecule has 0 saturated carbocycles.